The van der Waals surface area contributed by atoms with E-state index in [1.807, 2.05) is 4.90 Å². The van der Waals surface area contributed by atoms with Gasteiger partial charge in [-0.15, -0.1) is 0 Å². The second kappa shape index (κ2) is 9.90. The first-order chi connectivity index (χ1) is 15.2. The number of halogens is 3. The molecule has 0 bridgehead atoms. The third-order valence-corrected chi connectivity index (χ3v) is 4.88. The summed E-state index contributed by atoms with van der Waals surface area (Å²) < 4.78 is 55.6. The molecule has 1 fully saturated rings. The number of ether oxygens (including phenoxy) is 3. The van der Waals surface area contributed by atoms with Gasteiger partial charge in [0.05, 0.1) is 37.3 Å². The monoisotopic (exact) mass is 452 g/mol. The van der Waals surface area contributed by atoms with Crippen LogP contribution in [-0.4, -0.2) is 51.7 Å². The highest BCUT2D eigenvalue weighted by Gasteiger charge is 2.32. The van der Waals surface area contributed by atoms with Gasteiger partial charge in [-0.1, -0.05) is 0 Å². The molecule has 1 aliphatic heterocycles. The van der Waals surface area contributed by atoms with Crippen molar-refractivity contribution in [2.24, 2.45) is 0 Å². The minimum absolute atomic E-state index is 0.0363. The summed E-state index contributed by atoms with van der Waals surface area (Å²) >= 11 is 0. The molecule has 1 heterocycles. The topological polar surface area (TPSA) is 77.1 Å². The van der Waals surface area contributed by atoms with Crippen LogP contribution in [0.15, 0.2) is 36.4 Å². The largest absolute Gasteiger partial charge is 0.493 e. The lowest BCUT2D eigenvalue weighted by molar-refractivity contribution is -0.137. The van der Waals surface area contributed by atoms with Crippen molar-refractivity contribution in [2.45, 2.75) is 13.1 Å². The number of carbonyl (C=O) groups excluding carboxylic acids is 2. The maximum Gasteiger partial charge on any atom is 0.416 e. The molecule has 0 radical (unpaired) electrons. The van der Waals surface area contributed by atoms with E-state index in [2.05, 4.69) is 5.32 Å². The van der Waals surface area contributed by atoms with Gasteiger partial charge >= 0.3 is 6.18 Å². The Morgan fingerprint density at radius 1 is 1.09 bits per heavy atom. The lowest BCUT2D eigenvalue weighted by Crippen LogP contribution is -2.37. The number of morpholine rings is 1. The van der Waals surface area contributed by atoms with Crippen LogP contribution in [0.5, 0.6) is 11.5 Å². The Kier molecular flexibility index (Phi) is 7.24. The Labute approximate surface area is 183 Å². The molecule has 1 amide bonds. The molecule has 1 saturated heterocycles. The van der Waals surface area contributed by atoms with Gasteiger partial charge in [0.2, 0.25) is 0 Å². The molecule has 7 nitrogen and oxygen atoms in total. The van der Waals surface area contributed by atoms with Crippen LogP contribution >= 0.6 is 0 Å². The predicted molar refractivity (Wildman–Crippen MR) is 112 cm³/mol. The molecular formula is C22H23F3N2O5. The van der Waals surface area contributed by atoms with Crippen LogP contribution in [-0.2, 0) is 15.7 Å². The van der Waals surface area contributed by atoms with E-state index >= 15 is 0 Å². The summed E-state index contributed by atoms with van der Waals surface area (Å²) in [6.45, 7) is 2.80. The predicted octanol–water partition coefficient (Wildman–Crippen LogP) is 3.77. The molecule has 0 unspecified atom stereocenters. The second-order valence-electron chi connectivity index (χ2n) is 7.09. The first-order valence-corrected chi connectivity index (χ1v) is 9.84. The maximum atomic E-state index is 13.2. The Balaban J connectivity index is 1.76. The van der Waals surface area contributed by atoms with Gasteiger partial charge in [0.25, 0.3) is 5.91 Å². The average Bonchev–Trinajstić information content (AvgIpc) is 2.77. The van der Waals surface area contributed by atoms with Gasteiger partial charge in [-0.05, 0) is 43.3 Å². The van der Waals surface area contributed by atoms with Crippen LogP contribution in [0.3, 0.4) is 0 Å². The molecule has 0 aromatic heterocycles. The quantitative estimate of drug-likeness (QED) is 0.645. The van der Waals surface area contributed by atoms with Crippen molar-refractivity contribution in [1.82, 2.24) is 0 Å². The third-order valence-electron chi connectivity index (χ3n) is 4.88. The number of alkyl halides is 3. The highest BCUT2D eigenvalue weighted by atomic mass is 19.4. The van der Waals surface area contributed by atoms with Gasteiger partial charge in [0, 0.05) is 18.7 Å². The Morgan fingerprint density at radius 2 is 1.81 bits per heavy atom. The minimum atomic E-state index is -4.55. The number of methoxy groups -OCH3 is 1. The van der Waals surface area contributed by atoms with Crippen molar-refractivity contribution < 1.29 is 37.0 Å². The number of benzene rings is 2. The standard InChI is InChI=1S/C22H23F3N2O5/c1-14(28)15-3-6-19(20(11-15)30-2)32-13-21(29)26-17-12-16(22(23,24)25)4-5-18(17)27-7-9-31-10-8-27/h3-6,11-12H,7-10,13H2,1-2H3,(H,26,29). The fourth-order valence-electron chi connectivity index (χ4n) is 3.23. The number of nitrogens with zero attached hydrogens (tertiary/aromatic N) is 1. The summed E-state index contributed by atoms with van der Waals surface area (Å²) in [7, 11) is 1.39. The van der Waals surface area contributed by atoms with Crippen LogP contribution in [0, 0.1) is 0 Å². The van der Waals surface area contributed by atoms with Crippen molar-refractivity contribution in [2.75, 3.05) is 50.2 Å². The van der Waals surface area contributed by atoms with E-state index in [1.54, 1.807) is 0 Å². The number of carbonyl (C=O) groups is 2. The summed E-state index contributed by atoms with van der Waals surface area (Å²) in [5.74, 6) is -0.312. The molecule has 3 rings (SSSR count). The molecule has 32 heavy (non-hydrogen) atoms. The number of amides is 1. The molecular weight excluding hydrogens is 429 g/mol. The summed E-state index contributed by atoms with van der Waals surface area (Å²) in [4.78, 5) is 25.9. The number of rotatable bonds is 7. The zero-order valence-corrected chi connectivity index (χ0v) is 17.6. The van der Waals surface area contributed by atoms with E-state index in [4.69, 9.17) is 14.2 Å². The summed E-state index contributed by atoms with van der Waals surface area (Å²) in [5, 5.41) is 2.52. The lowest BCUT2D eigenvalue weighted by Gasteiger charge is -2.31. The number of Topliss-reactive ketones (excluding diaryl/α,β-unsaturated/α-hetero) is 1. The van der Waals surface area contributed by atoms with Crippen LogP contribution < -0.4 is 19.7 Å². The molecule has 0 aliphatic carbocycles. The van der Waals surface area contributed by atoms with Crippen LogP contribution in [0.1, 0.15) is 22.8 Å². The molecule has 10 heteroatoms. The fourth-order valence-corrected chi connectivity index (χ4v) is 3.23. The average molecular weight is 452 g/mol. The molecule has 0 spiro atoms. The summed E-state index contributed by atoms with van der Waals surface area (Å²) in [6, 6.07) is 7.74. The van der Waals surface area contributed by atoms with Crippen molar-refractivity contribution in [1.29, 1.82) is 0 Å². The van der Waals surface area contributed by atoms with Gasteiger partial charge in [-0.2, -0.15) is 13.2 Å². The summed E-state index contributed by atoms with van der Waals surface area (Å²) in [6.07, 6.45) is -4.55. The van der Waals surface area contributed by atoms with Gasteiger partial charge in [0.15, 0.2) is 23.9 Å². The van der Waals surface area contributed by atoms with Crippen molar-refractivity contribution >= 4 is 23.1 Å². The van der Waals surface area contributed by atoms with Crippen molar-refractivity contribution in [3.63, 3.8) is 0 Å². The van der Waals surface area contributed by atoms with Gasteiger partial charge in [0.1, 0.15) is 0 Å². The molecule has 1 N–H and O–H groups in total. The Bertz CT molecular complexity index is 988. The number of hydrogen-bond acceptors (Lipinski definition) is 6. The van der Waals surface area contributed by atoms with Gasteiger partial charge in [-0.25, -0.2) is 0 Å². The molecule has 0 atom stereocenters. The Hall–Kier alpha value is -3.27. The first-order valence-electron chi connectivity index (χ1n) is 9.84. The molecule has 2 aromatic carbocycles. The molecule has 0 saturated carbocycles. The molecule has 172 valence electrons. The van der Waals surface area contributed by atoms with Crippen molar-refractivity contribution in [3.05, 3.63) is 47.5 Å². The number of anilines is 2. The number of ketones is 1. The molecule has 2 aromatic rings. The third kappa shape index (κ3) is 5.70. The van der Waals surface area contributed by atoms with E-state index in [-0.39, 0.29) is 23.0 Å². The maximum absolute atomic E-state index is 13.2. The van der Waals surface area contributed by atoms with Crippen LogP contribution in [0.25, 0.3) is 0 Å². The van der Waals surface area contributed by atoms with Crippen LogP contribution in [0.2, 0.25) is 0 Å². The summed E-state index contributed by atoms with van der Waals surface area (Å²) in [5.41, 5.74) is 0.0530. The highest BCUT2D eigenvalue weighted by Crippen LogP contribution is 2.36. The SMILES string of the molecule is COc1cc(C(C)=O)ccc1OCC(=O)Nc1cc(C(F)(F)F)ccc1N1CCOCC1. The van der Waals surface area contributed by atoms with Crippen molar-refractivity contribution in [3.8, 4) is 11.5 Å². The second-order valence-corrected chi connectivity index (χ2v) is 7.09. The number of hydrogen-bond donors (Lipinski definition) is 1. The number of nitrogens with one attached hydrogen (secondary N) is 1. The zero-order valence-electron chi connectivity index (χ0n) is 17.6. The molecule has 1 aliphatic rings. The van der Waals surface area contributed by atoms with E-state index in [0.29, 0.717) is 37.6 Å². The normalized spacial score (nSPS) is 14.1. The lowest BCUT2D eigenvalue weighted by atomic mass is 10.1. The smallest absolute Gasteiger partial charge is 0.416 e. The van der Waals surface area contributed by atoms with Crippen LogP contribution in [0.4, 0.5) is 24.5 Å². The van der Waals surface area contributed by atoms with E-state index in [9.17, 15) is 22.8 Å². The zero-order chi connectivity index (χ0) is 23.3. The fraction of sp³-hybridized carbons (Fsp3) is 0.364. The first kappa shape index (κ1) is 23.4. The minimum Gasteiger partial charge on any atom is -0.493 e. The Morgan fingerprint density at radius 3 is 2.44 bits per heavy atom. The van der Waals surface area contributed by atoms with E-state index < -0.39 is 24.3 Å². The van der Waals surface area contributed by atoms with E-state index in [0.717, 1.165) is 12.1 Å². The van der Waals surface area contributed by atoms with Gasteiger partial charge < -0.3 is 24.4 Å². The van der Waals surface area contributed by atoms with E-state index in [1.165, 1.54) is 38.3 Å². The highest BCUT2D eigenvalue weighted by molar-refractivity contribution is 5.96. The van der Waals surface area contributed by atoms with Gasteiger partial charge in [-0.3, -0.25) is 9.59 Å².